The first kappa shape index (κ1) is 19.7. The highest BCUT2D eigenvalue weighted by atomic mass is 19.1. The number of hydrogen-bond donors (Lipinski definition) is 1. The van der Waals surface area contributed by atoms with E-state index in [1.54, 1.807) is 0 Å². The number of halogens is 1. The second-order valence-electron chi connectivity index (χ2n) is 8.29. The number of para-hydroxylation sites is 3. The molecular weight excluding hydrogens is 421 g/mol. The van der Waals surface area contributed by atoms with Crippen LogP contribution >= 0.6 is 0 Å². The normalized spacial score (nSPS) is 19.5. The molecule has 0 saturated carbocycles. The van der Waals surface area contributed by atoms with Crippen LogP contribution in [0.1, 0.15) is 25.3 Å². The molecule has 0 bridgehead atoms. The molecule has 3 aromatic heterocycles. The monoisotopic (exact) mass is 443 g/mol. The molecule has 166 valence electrons. The predicted octanol–water partition coefficient (Wildman–Crippen LogP) is 5.50. The molecular formula is C25H22FN5O2. The van der Waals surface area contributed by atoms with E-state index in [1.807, 2.05) is 54.6 Å². The largest absolute Gasteiger partial charge is 0.459 e. The molecule has 2 aromatic carbocycles. The first-order valence-electron chi connectivity index (χ1n) is 10.9. The molecule has 0 amide bonds. The summed E-state index contributed by atoms with van der Waals surface area (Å²) in [5, 5.41) is 0.836. The van der Waals surface area contributed by atoms with Gasteiger partial charge in [-0.25, -0.2) is 14.4 Å². The number of aromatic amines is 1. The summed E-state index contributed by atoms with van der Waals surface area (Å²) in [7, 11) is 0. The van der Waals surface area contributed by atoms with Crippen molar-refractivity contribution in [1.82, 2.24) is 19.9 Å². The molecule has 8 heteroatoms. The first-order chi connectivity index (χ1) is 16.1. The maximum atomic E-state index is 14.3. The van der Waals surface area contributed by atoms with Crippen molar-refractivity contribution in [3.8, 4) is 6.01 Å². The van der Waals surface area contributed by atoms with E-state index in [2.05, 4.69) is 31.4 Å². The number of nitrogens with zero attached hydrogens (tertiary/aromatic N) is 4. The zero-order valence-corrected chi connectivity index (χ0v) is 18.0. The van der Waals surface area contributed by atoms with E-state index >= 15 is 0 Å². The van der Waals surface area contributed by atoms with Crippen molar-refractivity contribution in [2.45, 2.75) is 31.7 Å². The number of nitrogens with one attached hydrogen (secondary N) is 1. The lowest BCUT2D eigenvalue weighted by atomic mass is 10.2. The van der Waals surface area contributed by atoms with Gasteiger partial charge in [0.15, 0.2) is 23.4 Å². The van der Waals surface area contributed by atoms with Gasteiger partial charge in [0.05, 0.1) is 23.6 Å². The third-order valence-corrected chi connectivity index (χ3v) is 6.07. The third kappa shape index (κ3) is 3.29. The Kier molecular flexibility index (Phi) is 4.53. The summed E-state index contributed by atoms with van der Waals surface area (Å²) in [5.41, 5.74) is 3.61. The zero-order valence-electron chi connectivity index (χ0n) is 18.0. The molecule has 1 unspecified atom stereocenters. The van der Waals surface area contributed by atoms with Gasteiger partial charge in [-0.15, -0.1) is 6.58 Å². The van der Waals surface area contributed by atoms with Gasteiger partial charge in [-0.1, -0.05) is 30.3 Å². The second kappa shape index (κ2) is 7.58. The van der Waals surface area contributed by atoms with E-state index in [0.717, 1.165) is 16.4 Å². The van der Waals surface area contributed by atoms with Gasteiger partial charge < -0.3 is 19.0 Å². The molecule has 1 fully saturated rings. The molecule has 1 aliphatic rings. The van der Waals surface area contributed by atoms with Crippen LogP contribution in [0.4, 0.5) is 10.2 Å². The Morgan fingerprint density at radius 3 is 2.82 bits per heavy atom. The number of fused-ring (bicyclic) bond motifs is 4. The number of benzene rings is 2. The number of alkyl halides is 1. The molecule has 33 heavy (non-hydrogen) atoms. The fourth-order valence-corrected chi connectivity index (χ4v) is 4.49. The number of ether oxygens (including phenoxy) is 1. The quantitative estimate of drug-likeness (QED) is 0.362. The van der Waals surface area contributed by atoms with Gasteiger partial charge in [-0.05, 0) is 31.2 Å². The lowest BCUT2D eigenvalue weighted by Gasteiger charge is -2.23. The number of aromatic nitrogens is 4. The Bertz CT molecular complexity index is 1460. The Morgan fingerprint density at radius 2 is 2.00 bits per heavy atom. The summed E-state index contributed by atoms with van der Waals surface area (Å²) in [5.74, 6) is 0.685. The molecule has 1 aliphatic heterocycles. The molecule has 7 nitrogen and oxygen atoms in total. The van der Waals surface area contributed by atoms with E-state index in [0.29, 0.717) is 41.5 Å². The second-order valence-corrected chi connectivity index (χ2v) is 8.29. The number of rotatable bonds is 5. The average Bonchev–Trinajstić information content (AvgIpc) is 3.52. The molecule has 1 N–H and O–H groups in total. The van der Waals surface area contributed by atoms with Crippen LogP contribution in [-0.4, -0.2) is 38.6 Å². The topological polar surface area (TPSA) is 80.1 Å². The van der Waals surface area contributed by atoms with Crippen molar-refractivity contribution in [3.63, 3.8) is 0 Å². The van der Waals surface area contributed by atoms with Crippen LogP contribution in [0.2, 0.25) is 0 Å². The lowest BCUT2D eigenvalue weighted by molar-refractivity contribution is 0.207. The van der Waals surface area contributed by atoms with Crippen LogP contribution in [0.15, 0.2) is 65.6 Å². The van der Waals surface area contributed by atoms with E-state index in [-0.39, 0.29) is 18.0 Å². The van der Waals surface area contributed by atoms with Crippen molar-refractivity contribution >= 4 is 38.9 Å². The highest BCUT2D eigenvalue weighted by Crippen LogP contribution is 2.37. The van der Waals surface area contributed by atoms with Crippen LogP contribution in [0.25, 0.3) is 33.1 Å². The minimum atomic E-state index is -1.31. The maximum absolute atomic E-state index is 14.3. The maximum Gasteiger partial charge on any atom is 0.294 e. The van der Waals surface area contributed by atoms with Crippen LogP contribution in [-0.2, 0) is 0 Å². The molecule has 3 atom stereocenters. The summed E-state index contributed by atoms with van der Waals surface area (Å²) < 4.78 is 26.7. The van der Waals surface area contributed by atoms with E-state index in [1.165, 1.54) is 6.92 Å². The fourth-order valence-electron chi connectivity index (χ4n) is 4.49. The highest BCUT2D eigenvalue weighted by molar-refractivity contribution is 6.05. The molecule has 0 spiro atoms. The van der Waals surface area contributed by atoms with E-state index in [9.17, 15) is 4.39 Å². The van der Waals surface area contributed by atoms with Crippen molar-refractivity contribution in [2.24, 2.45) is 0 Å². The fraction of sp³-hybridized carbons (Fsp3) is 0.240. The number of H-pyrrole nitrogens is 1. The first-order valence-corrected chi connectivity index (χ1v) is 10.9. The smallest absolute Gasteiger partial charge is 0.294 e. The van der Waals surface area contributed by atoms with Crippen LogP contribution in [0.5, 0.6) is 6.01 Å². The zero-order chi connectivity index (χ0) is 22.5. The molecule has 0 radical (unpaired) electrons. The number of furan rings is 1. The Balaban J connectivity index is 1.40. The lowest BCUT2D eigenvalue weighted by Crippen LogP contribution is -2.30. The standard InChI is InChI=1S/C25H22FN5O2/c1-3-15-12-16(32-25-27-18-9-5-6-10-19(18)28-25)13-31(15)24-22-21(29-23(30-24)14(2)26)17-8-4-7-11-20(17)33-22/h3-11,14-16H,1,12-13H2,2H3,(H,27,28)/t14?,15-,16+/m1/s1. The third-order valence-electron chi connectivity index (χ3n) is 6.07. The van der Waals surface area contributed by atoms with Gasteiger partial charge in [0.25, 0.3) is 6.01 Å². The Hall–Kier alpha value is -3.94. The molecule has 1 saturated heterocycles. The van der Waals surface area contributed by atoms with Gasteiger partial charge in [-0.2, -0.15) is 4.98 Å². The van der Waals surface area contributed by atoms with Crippen LogP contribution < -0.4 is 9.64 Å². The summed E-state index contributed by atoms with van der Waals surface area (Å²) in [6.45, 7) is 5.97. The number of hydrogen-bond acceptors (Lipinski definition) is 6. The van der Waals surface area contributed by atoms with E-state index < -0.39 is 6.17 Å². The van der Waals surface area contributed by atoms with Crippen molar-refractivity contribution in [1.29, 1.82) is 0 Å². The van der Waals surface area contributed by atoms with Crippen LogP contribution in [0.3, 0.4) is 0 Å². The minimum Gasteiger partial charge on any atom is -0.459 e. The predicted molar refractivity (Wildman–Crippen MR) is 125 cm³/mol. The summed E-state index contributed by atoms with van der Waals surface area (Å²) in [6.07, 6.45) is 1.08. The summed E-state index contributed by atoms with van der Waals surface area (Å²) in [6, 6.07) is 15.8. The molecule has 0 aliphatic carbocycles. The Morgan fingerprint density at radius 1 is 1.18 bits per heavy atom. The number of anilines is 1. The summed E-state index contributed by atoms with van der Waals surface area (Å²) in [4.78, 5) is 18.8. The van der Waals surface area contributed by atoms with Gasteiger partial charge in [0.1, 0.15) is 17.2 Å². The molecule has 6 rings (SSSR count). The molecule has 4 heterocycles. The van der Waals surface area contributed by atoms with E-state index in [4.69, 9.17) is 9.15 Å². The average molecular weight is 443 g/mol. The minimum absolute atomic E-state index is 0.0616. The van der Waals surface area contributed by atoms with Crippen LogP contribution in [0, 0.1) is 0 Å². The van der Waals surface area contributed by atoms with Crippen molar-refractivity contribution in [2.75, 3.05) is 11.4 Å². The number of imidazole rings is 1. The van der Waals surface area contributed by atoms with Gasteiger partial charge in [0, 0.05) is 11.8 Å². The summed E-state index contributed by atoms with van der Waals surface area (Å²) >= 11 is 0. The Labute approximate surface area is 188 Å². The van der Waals surface area contributed by atoms with Crippen molar-refractivity contribution < 1.29 is 13.5 Å². The van der Waals surface area contributed by atoms with Crippen molar-refractivity contribution in [3.05, 3.63) is 67.0 Å². The SMILES string of the molecule is C=C[C@@H]1C[C@H](Oc2nc3ccccc3[nH]2)CN1c1nc(C(C)F)nc2c1oc1ccccc12. The highest BCUT2D eigenvalue weighted by Gasteiger charge is 2.36. The van der Waals surface area contributed by atoms with Gasteiger partial charge in [-0.3, -0.25) is 0 Å². The van der Waals surface area contributed by atoms with Gasteiger partial charge in [0.2, 0.25) is 0 Å². The van der Waals surface area contributed by atoms with Gasteiger partial charge >= 0.3 is 0 Å². The molecule has 5 aromatic rings.